The normalized spacial score (nSPS) is 60.5. The van der Waals surface area contributed by atoms with E-state index in [4.69, 9.17) is 0 Å². The molecule has 0 aliphatic heterocycles. The summed E-state index contributed by atoms with van der Waals surface area (Å²) in [7, 11) is -0.0160. The third-order valence-electron chi connectivity index (χ3n) is 9.51. The largest absolute Gasteiger partial charge is 0.329 e. The quantitative estimate of drug-likeness (QED) is 0.596. The van der Waals surface area contributed by atoms with Gasteiger partial charge in [-0.15, -0.1) is 0 Å². The van der Waals surface area contributed by atoms with Crippen molar-refractivity contribution in [2.75, 3.05) is 0 Å². The minimum absolute atomic E-state index is 0.0160. The van der Waals surface area contributed by atoms with Gasteiger partial charge < -0.3 is 0 Å². The molecule has 0 heterocycles. The van der Waals surface area contributed by atoms with E-state index >= 15 is 0 Å². The van der Waals surface area contributed by atoms with E-state index < -0.39 is 0 Å². The molecule has 1 unspecified atom stereocenters. The lowest BCUT2D eigenvalue weighted by Gasteiger charge is -2.63. The van der Waals surface area contributed by atoms with Crippen LogP contribution >= 0.6 is 8.46 Å². The van der Waals surface area contributed by atoms with Gasteiger partial charge in [0.15, 0.2) is 5.66 Å². The van der Waals surface area contributed by atoms with Crippen LogP contribution in [0.4, 0.5) is 0 Å². The first-order valence-electron chi connectivity index (χ1n) is 10.5. The molecule has 1 atom stereocenters. The first-order valence-corrected chi connectivity index (χ1v) is 11.5. The molecule has 1 nitrogen and oxygen atoms in total. The van der Waals surface area contributed by atoms with E-state index in [1.165, 1.54) is 77.0 Å². The highest BCUT2D eigenvalue weighted by Crippen LogP contribution is 2.71. The summed E-state index contributed by atoms with van der Waals surface area (Å²) in [5, 5.41) is 0. The van der Waals surface area contributed by atoms with E-state index in [2.05, 4.69) is 0 Å². The molecule has 0 amide bonds. The lowest BCUT2D eigenvalue weighted by Crippen LogP contribution is -2.59. The lowest BCUT2D eigenvalue weighted by molar-refractivity contribution is -0.120. The summed E-state index contributed by atoms with van der Waals surface area (Å²) in [6.07, 6.45) is 17.9. The fourth-order valence-electron chi connectivity index (χ4n) is 9.96. The molecule has 0 saturated heterocycles. The Kier molecular flexibility index (Phi) is 2.88. The van der Waals surface area contributed by atoms with Gasteiger partial charge in [0.2, 0.25) is 0 Å². The molecular weight excluding hydrogens is 299 g/mol. The summed E-state index contributed by atoms with van der Waals surface area (Å²) in [5.74, 6) is 6.05. The number of hydrogen-bond donors (Lipinski definition) is 0. The van der Waals surface area contributed by atoms with Crippen LogP contribution in [0.1, 0.15) is 77.0 Å². The molecule has 8 fully saturated rings. The van der Waals surface area contributed by atoms with Gasteiger partial charge in [0, 0.05) is 10.8 Å². The second-order valence-electron chi connectivity index (χ2n) is 11.1. The fourth-order valence-corrected chi connectivity index (χ4v) is 11.2. The lowest BCUT2D eigenvalue weighted by atomic mass is 9.41. The molecule has 8 rings (SSSR count). The van der Waals surface area contributed by atoms with Crippen molar-refractivity contribution >= 4 is 8.46 Å². The average molecular weight is 331 g/mol. The van der Waals surface area contributed by atoms with Crippen molar-refractivity contribution in [1.29, 1.82) is 0 Å². The van der Waals surface area contributed by atoms with Gasteiger partial charge in [0.1, 0.15) is 0 Å². The highest BCUT2D eigenvalue weighted by Gasteiger charge is 2.66. The minimum atomic E-state index is -0.0160. The van der Waals surface area contributed by atoms with Crippen molar-refractivity contribution in [3.8, 4) is 0 Å². The molecule has 0 aromatic heterocycles. The van der Waals surface area contributed by atoms with Crippen LogP contribution in [0, 0.1) is 46.3 Å². The van der Waals surface area contributed by atoms with Crippen LogP contribution in [-0.2, 0) is 4.57 Å². The van der Waals surface area contributed by atoms with Gasteiger partial charge in [-0.25, -0.2) is 0 Å². The zero-order chi connectivity index (χ0) is 15.2. The molecule has 0 spiro atoms. The third-order valence-corrected chi connectivity index (χ3v) is 11.0. The molecule has 8 bridgehead atoms. The van der Waals surface area contributed by atoms with Crippen molar-refractivity contribution in [2.45, 2.75) is 82.7 Å². The summed E-state index contributed by atoms with van der Waals surface area (Å²) < 4.78 is 12.7. The Morgan fingerprint density at radius 3 is 1.04 bits per heavy atom. The van der Waals surface area contributed by atoms with Gasteiger partial charge in [-0.3, -0.25) is 0 Å². The van der Waals surface area contributed by atoms with Crippen molar-refractivity contribution < 1.29 is 4.57 Å². The minimum Gasteiger partial charge on any atom is -0.0771 e. The maximum absolute atomic E-state index is 12.7. The van der Waals surface area contributed by atoms with Crippen molar-refractivity contribution in [3.05, 3.63) is 0 Å². The van der Waals surface area contributed by atoms with Gasteiger partial charge in [0.25, 0.3) is 0 Å². The van der Waals surface area contributed by atoms with Gasteiger partial charge in [0.05, 0.1) is 0 Å². The smallest absolute Gasteiger partial charge is 0.0771 e. The number of hydrogen-bond acceptors (Lipinski definition) is 1. The predicted molar refractivity (Wildman–Crippen MR) is 94.0 cm³/mol. The van der Waals surface area contributed by atoms with Gasteiger partial charge in [-0.05, 0) is 113 Å². The van der Waals surface area contributed by atoms with E-state index in [0.29, 0.717) is 16.5 Å². The Bertz CT molecular complexity index is 423. The highest BCUT2D eigenvalue weighted by atomic mass is 31.1. The Morgan fingerprint density at radius 1 is 0.565 bits per heavy atom. The maximum Gasteiger partial charge on any atom is 0.329 e. The van der Waals surface area contributed by atoms with Crippen LogP contribution in [0.25, 0.3) is 0 Å². The molecule has 23 heavy (non-hydrogen) atoms. The predicted octanol–water partition coefficient (Wildman–Crippen LogP) is 5.81. The summed E-state index contributed by atoms with van der Waals surface area (Å²) in [6.45, 7) is 0. The third kappa shape index (κ3) is 1.93. The Labute approximate surface area is 142 Å². The van der Waals surface area contributed by atoms with Gasteiger partial charge in [-0.1, -0.05) is 4.57 Å². The van der Waals surface area contributed by atoms with Crippen LogP contribution in [0.3, 0.4) is 0 Å². The summed E-state index contributed by atoms with van der Waals surface area (Å²) in [4.78, 5) is 0. The van der Waals surface area contributed by atoms with E-state index in [-0.39, 0.29) is 8.46 Å². The summed E-state index contributed by atoms with van der Waals surface area (Å²) in [6, 6.07) is 0. The second-order valence-corrected chi connectivity index (χ2v) is 11.9. The standard InChI is InChI=1S/C21H31OP/c22-23-19(20-7-13-1-14(8-20)3-15(2-13)9-20)21-10-16-4-17(11-21)6-18(5-16)12-21/h13-19H,1-12H2/p+1. The van der Waals surface area contributed by atoms with E-state index in [1.54, 1.807) is 0 Å². The molecule has 8 aliphatic rings. The first kappa shape index (κ1) is 14.3. The monoisotopic (exact) mass is 331 g/mol. The van der Waals surface area contributed by atoms with Crippen LogP contribution < -0.4 is 0 Å². The van der Waals surface area contributed by atoms with Crippen LogP contribution in [0.2, 0.25) is 0 Å². The Balaban J connectivity index is 1.39. The van der Waals surface area contributed by atoms with Gasteiger partial charge >= 0.3 is 8.46 Å². The molecule has 8 saturated carbocycles. The number of rotatable bonds is 3. The topological polar surface area (TPSA) is 17.1 Å². The molecule has 0 radical (unpaired) electrons. The molecule has 0 N–H and O–H groups in total. The molecule has 0 aromatic rings. The zero-order valence-electron chi connectivity index (χ0n) is 14.4. The van der Waals surface area contributed by atoms with Crippen LogP contribution in [0.5, 0.6) is 0 Å². The highest BCUT2D eigenvalue weighted by molar-refractivity contribution is 7.24. The van der Waals surface area contributed by atoms with Crippen molar-refractivity contribution in [1.82, 2.24) is 0 Å². The Morgan fingerprint density at radius 2 is 0.826 bits per heavy atom. The van der Waals surface area contributed by atoms with Crippen LogP contribution in [-0.4, -0.2) is 5.66 Å². The van der Waals surface area contributed by atoms with Crippen LogP contribution in [0.15, 0.2) is 0 Å². The Hall–Kier alpha value is 0.100. The molecular formula is C21H32OP+. The maximum atomic E-state index is 12.7. The van der Waals surface area contributed by atoms with E-state index in [0.717, 1.165) is 35.5 Å². The summed E-state index contributed by atoms with van der Waals surface area (Å²) in [5.41, 5.74) is 1.61. The summed E-state index contributed by atoms with van der Waals surface area (Å²) >= 11 is 0. The second kappa shape index (κ2) is 4.63. The van der Waals surface area contributed by atoms with Crippen molar-refractivity contribution in [3.63, 3.8) is 0 Å². The SMILES string of the molecule is O=[PH+]C(C12CC3CC(CC(C3)C1)C2)C12CC3CC(CC(C3)C1)C2. The van der Waals surface area contributed by atoms with Gasteiger partial charge in [-0.2, -0.15) is 0 Å². The molecule has 126 valence electrons. The average Bonchev–Trinajstić information content (AvgIpc) is 2.43. The van der Waals surface area contributed by atoms with E-state index in [1.807, 2.05) is 0 Å². The molecule has 8 aliphatic carbocycles. The fraction of sp³-hybridized carbons (Fsp3) is 1.00. The molecule has 2 heteroatoms. The zero-order valence-corrected chi connectivity index (χ0v) is 15.4. The van der Waals surface area contributed by atoms with Crippen molar-refractivity contribution in [2.24, 2.45) is 46.3 Å². The first-order chi connectivity index (χ1) is 11.2. The molecule has 0 aromatic carbocycles. The van der Waals surface area contributed by atoms with E-state index in [9.17, 15) is 4.57 Å².